The van der Waals surface area contributed by atoms with Crippen molar-refractivity contribution in [1.82, 2.24) is 4.98 Å². The van der Waals surface area contributed by atoms with E-state index in [-0.39, 0.29) is 5.82 Å². The Morgan fingerprint density at radius 2 is 1.56 bits per heavy atom. The predicted molar refractivity (Wildman–Crippen MR) is 112 cm³/mol. The summed E-state index contributed by atoms with van der Waals surface area (Å²) in [6.07, 6.45) is 1.69. The van der Waals surface area contributed by atoms with Gasteiger partial charge in [0.15, 0.2) is 0 Å². The van der Waals surface area contributed by atoms with Crippen LogP contribution in [-0.2, 0) is 0 Å². The molecule has 0 saturated heterocycles. The molecule has 1 aromatic heterocycles. The fraction of sp³-hybridized carbons (Fsp3) is 0. The van der Waals surface area contributed by atoms with E-state index in [0.717, 1.165) is 27.3 Å². The highest BCUT2D eigenvalue weighted by Crippen LogP contribution is 2.40. The van der Waals surface area contributed by atoms with E-state index < -0.39 is 0 Å². The lowest BCUT2D eigenvalue weighted by Gasteiger charge is -2.02. The molecule has 0 aliphatic heterocycles. The van der Waals surface area contributed by atoms with Crippen LogP contribution < -0.4 is 0 Å². The van der Waals surface area contributed by atoms with Gasteiger partial charge in [0.25, 0.3) is 0 Å². The van der Waals surface area contributed by atoms with Gasteiger partial charge in [-0.2, -0.15) is 0 Å². The Morgan fingerprint density at radius 1 is 0.852 bits per heavy atom. The van der Waals surface area contributed by atoms with Crippen LogP contribution in [0.25, 0.3) is 21.7 Å². The van der Waals surface area contributed by atoms with Gasteiger partial charge in [-0.1, -0.05) is 77.5 Å². The number of aromatic nitrogens is 1. The number of thiazole rings is 1. The van der Waals surface area contributed by atoms with Crippen molar-refractivity contribution >= 4 is 34.3 Å². The minimum absolute atomic E-state index is 0.266. The molecule has 4 aromatic rings. The number of hydrogen-bond acceptors (Lipinski definition) is 3. The van der Waals surface area contributed by atoms with Crippen LogP contribution in [-0.4, -0.2) is 11.2 Å². The molecule has 0 amide bonds. The first kappa shape index (κ1) is 17.6. The summed E-state index contributed by atoms with van der Waals surface area (Å²) in [7, 11) is 0. The first-order valence-corrected chi connectivity index (χ1v) is 9.50. The highest BCUT2D eigenvalue weighted by atomic mass is 35.5. The zero-order valence-electron chi connectivity index (χ0n) is 14.1. The lowest BCUT2D eigenvalue weighted by atomic mass is 10.1. The van der Waals surface area contributed by atoms with E-state index in [9.17, 15) is 4.39 Å². The molecule has 0 spiro atoms. The zero-order valence-corrected chi connectivity index (χ0v) is 15.7. The summed E-state index contributed by atoms with van der Waals surface area (Å²) in [4.78, 5) is 10.3. The van der Waals surface area contributed by atoms with Gasteiger partial charge in [0.2, 0.25) is 5.13 Å². The Morgan fingerprint density at radius 3 is 2.26 bits per heavy atom. The maximum Gasteiger partial charge on any atom is 0.210 e. The van der Waals surface area contributed by atoms with Crippen LogP contribution in [0.4, 0.5) is 9.52 Å². The van der Waals surface area contributed by atoms with Crippen molar-refractivity contribution in [1.29, 1.82) is 0 Å². The van der Waals surface area contributed by atoms with Gasteiger partial charge in [-0.25, -0.2) is 14.4 Å². The maximum atomic E-state index is 13.0. The number of hydrogen-bond donors (Lipinski definition) is 0. The van der Waals surface area contributed by atoms with Gasteiger partial charge in [-0.15, -0.1) is 0 Å². The summed E-state index contributed by atoms with van der Waals surface area (Å²) in [6, 6.07) is 23.9. The standard InChI is InChI=1S/C22H14ClFN2S/c23-18-10-8-16(9-11-18)20-21(17-4-2-1-3-5-17)27-22(26-20)25-14-15-6-12-19(24)13-7-15/h1-14H. The molecule has 0 aliphatic carbocycles. The molecule has 1 heterocycles. The van der Waals surface area contributed by atoms with Gasteiger partial charge >= 0.3 is 0 Å². The van der Waals surface area contributed by atoms with Crippen molar-refractivity contribution in [2.24, 2.45) is 4.99 Å². The summed E-state index contributed by atoms with van der Waals surface area (Å²) < 4.78 is 13.0. The summed E-state index contributed by atoms with van der Waals surface area (Å²) in [5, 5.41) is 1.33. The van der Waals surface area contributed by atoms with E-state index in [1.54, 1.807) is 18.3 Å². The number of nitrogens with zero attached hydrogens (tertiary/aromatic N) is 2. The second-order valence-corrected chi connectivity index (χ2v) is 7.27. The quantitative estimate of drug-likeness (QED) is 0.342. The van der Waals surface area contributed by atoms with Crippen LogP contribution in [0, 0.1) is 5.82 Å². The second-order valence-electron chi connectivity index (χ2n) is 5.86. The molecule has 3 aromatic carbocycles. The van der Waals surface area contributed by atoms with Gasteiger partial charge in [0, 0.05) is 16.8 Å². The molecule has 0 fully saturated rings. The Labute approximate surface area is 165 Å². The molecular weight excluding hydrogens is 379 g/mol. The third-order valence-electron chi connectivity index (χ3n) is 3.96. The molecule has 0 aliphatic rings. The Hall–Kier alpha value is -2.82. The molecular formula is C22H14ClFN2S. The predicted octanol–water partition coefficient (Wildman–Crippen LogP) is 7.02. The van der Waals surface area contributed by atoms with Gasteiger partial charge in [0.05, 0.1) is 10.6 Å². The molecule has 2 nitrogen and oxygen atoms in total. The van der Waals surface area contributed by atoms with Crippen LogP contribution >= 0.6 is 22.9 Å². The van der Waals surface area contributed by atoms with Crippen LogP contribution in [0.3, 0.4) is 0 Å². The lowest BCUT2D eigenvalue weighted by Crippen LogP contribution is -1.82. The van der Waals surface area contributed by atoms with Crippen LogP contribution in [0.15, 0.2) is 83.9 Å². The first-order chi connectivity index (χ1) is 13.2. The van der Waals surface area contributed by atoms with Crippen molar-refractivity contribution in [3.8, 4) is 21.7 Å². The van der Waals surface area contributed by atoms with Gasteiger partial charge in [-0.05, 0) is 35.4 Å². The molecule has 0 saturated carbocycles. The fourth-order valence-corrected chi connectivity index (χ4v) is 3.70. The highest BCUT2D eigenvalue weighted by Gasteiger charge is 2.14. The normalized spacial score (nSPS) is 11.2. The minimum Gasteiger partial charge on any atom is -0.227 e. The van der Waals surface area contributed by atoms with Gasteiger partial charge in [-0.3, -0.25) is 0 Å². The molecule has 4 rings (SSSR count). The monoisotopic (exact) mass is 392 g/mol. The van der Waals surface area contributed by atoms with Crippen molar-refractivity contribution in [2.45, 2.75) is 0 Å². The number of benzene rings is 3. The maximum absolute atomic E-state index is 13.0. The van der Waals surface area contributed by atoms with E-state index in [1.807, 2.05) is 42.5 Å². The molecule has 0 unspecified atom stereocenters. The van der Waals surface area contributed by atoms with Crippen LogP contribution in [0.1, 0.15) is 5.56 Å². The van der Waals surface area contributed by atoms with E-state index in [2.05, 4.69) is 17.1 Å². The second kappa shape index (κ2) is 7.82. The van der Waals surface area contributed by atoms with E-state index in [0.29, 0.717) is 10.2 Å². The zero-order chi connectivity index (χ0) is 18.6. The number of aliphatic imine (C=N–C) groups is 1. The van der Waals surface area contributed by atoms with Crippen LogP contribution in [0.2, 0.25) is 5.02 Å². The van der Waals surface area contributed by atoms with Crippen molar-refractivity contribution in [3.05, 3.63) is 95.3 Å². The van der Waals surface area contributed by atoms with Crippen LogP contribution in [0.5, 0.6) is 0 Å². The third kappa shape index (κ3) is 4.13. The molecule has 5 heteroatoms. The SMILES string of the molecule is Fc1ccc(C=Nc2nc(-c3ccc(Cl)cc3)c(-c3ccccc3)s2)cc1. The highest BCUT2D eigenvalue weighted by molar-refractivity contribution is 7.19. The smallest absolute Gasteiger partial charge is 0.210 e. The summed E-state index contributed by atoms with van der Waals surface area (Å²) in [6.45, 7) is 0. The average molecular weight is 393 g/mol. The molecule has 132 valence electrons. The number of rotatable bonds is 4. The first-order valence-electron chi connectivity index (χ1n) is 8.31. The van der Waals surface area contributed by atoms with Crippen molar-refractivity contribution < 1.29 is 4.39 Å². The largest absolute Gasteiger partial charge is 0.227 e. The van der Waals surface area contributed by atoms with Gasteiger partial charge in [0.1, 0.15) is 5.82 Å². The minimum atomic E-state index is -0.266. The average Bonchev–Trinajstić information content (AvgIpc) is 3.13. The number of halogens is 2. The van der Waals surface area contributed by atoms with E-state index in [1.165, 1.54) is 23.5 Å². The third-order valence-corrected chi connectivity index (χ3v) is 5.23. The summed E-state index contributed by atoms with van der Waals surface area (Å²) in [5.41, 5.74) is 3.76. The summed E-state index contributed by atoms with van der Waals surface area (Å²) in [5.74, 6) is -0.266. The van der Waals surface area contributed by atoms with E-state index in [4.69, 9.17) is 16.6 Å². The van der Waals surface area contributed by atoms with Gasteiger partial charge < -0.3 is 0 Å². The van der Waals surface area contributed by atoms with Crippen molar-refractivity contribution in [3.63, 3.8) is 0 Å². The Bertz CT molecular complexity index is 1070. The molecule has 0 N–H and O–H groups in total. The topological polar surface area (TPSA) is 25.2 Å². The Balaban J connectivity index is 1.75. The van der Waals surface area contributed by atoms with E-state index >= 15 is 0 Å². The van der Waals surface area contributed by atoms with Crippen molar-refractivity contribution in [2.75, 3.05) is 0 Å². The molecule has 27 heavy (non-hydrogen) atoms. The summed E-state index contributed by atoms with van der Waals surface area (Å²) >= 11 is 7.54. The molecule has 0 bridgehead atoms. The lowest BCUT2D eigenvalue weighted by molar-refractivity contribution is 0.628. The fourth-order valence-electron chi connectivity index (χ4n) is 2.63. The Kier molecular flexibility index (Phi) is 5.10. The molecule has 0 atom stereocenters. The molecule has 0 radical (unpaired) electrons.